The minimum absolute atomic E-state index is 0.865. The Morgan fingerprint density at radius 2 is 2.06 bits per heavy atom. The average molecular weight is 231 g/mol. The van der Waals surface area contributed by atoms with Gasteiger partial charge in [-0.1, -0.05) is 48.3 Å². The highest BCUT2D eigenvalue weighted by atomic mass is 32.1. The summed E-state index contributed by atoms with van der Waals surface area (Å²) in [7, 11) is 0. The van der Waals surface area contributed by atoms with Crippen LogP contribution >= 0.6 is 11.3 Å². The van der Waals surface area contributed by atoms with Gasteiger partial charge in [0.1, 0.15) is 5.01 Å². The van der Waals surface area contributed by atoms with Gasteiger partial charge in [-0.05, 0) is 12.5 Å². The van der Waals surface area contributed by atoms with Crippen molar-refractivity contribution in [2.75, 3.05) is 11.9 Å². The highest BCUT2D eigenvalue weighted by Gasteiger charge is 2.05. The number of nitrogens with zero attached hydrogens (tertiary/aromatic N) is 2. The lowest BCUT2D eigenvalue weighted by molar-refractivity contribution is 1.07. The molecule has 0 saturated carbocycles. The van der Waals surface area contributed by atoms with Crippen molar-refractivity contribution in [2.24, 2.45) is 0 Å². The van der Waals surface area contributed by atoms with E-state index in [-0.39, 0.29) is 0 Å². The van der Waals surface area contributed by atoms with Crippen LogP contribution in [0.15, 0.2) is 30.8 Å². The molecule has 0 radical (unpaired) electrons. The van der Waals surface area contributed by atoms with Crippen LogP contribution in [0.25, 0.3) is 16.6 Å². The predicted molar refractivity (Wildman–Crippen MR) is 69.6 cm³/mol. The van der Waals surface area contributed by atoms with Gasteiger partial charge in [-0.25, -0.2) is 0 Å². The topological polar surface area (TPSA) is 37.8 Å². The summed E-state index contributed by atoms with van der Waals surface area (Å²) in [6, 6.07) is 8.12. The number of hydrogen-bond donors (Lipinski definition) is 1. The normalized spacial score (nSPS) is 10.1. The maximum atomic E-state index is 4.14. The molecule has 0 unspecified atom stereocenters. The Hall–Kier alpha value is -1.68. The Labute approximate surface area is 98.9 Å². The molecule has 0 spiro atoms. The molecule has 2 aromatic rings. The van der Waals surface area contributed by atoms with Crippen LogP contribution in [-0.2, 0) is 0 Å². The molecule has 3 nitrogen and oxygen atoms in total. The fraction of sp³-hybridized carbons (Fsp3) is 0.167. The lowest BCUT2D eigenvalue weighted by Gasteiger charge is -1.96. The van der Waals surface area contributed by atoms with Gasteiger partial charge >= 0.3 is 0 Å². The molecule has 1 aromatic heterocycles. The van der Waals surface area contributed by atoms with Crippen LogP contribution in [0.2, 0.25) is 0 Å². The molecule has 0 atom stereocenters. The van der Waals surface area contributed by atoms with E-state index in [1.807, 2.05) is 37.3 Å². The monoisotopic (exact) mass is 231 g/mol. The standard InChI is InChI=1S/C12H13N3S/c1-3-9-5-7-10(8-6-9)11-14-15-12(16-11)13-4-2/h3,5-8H,1,4H2,2H3,(H,13,15). The third-order valence-electron chi connectivity index (χ3n) is 2.15. The number of hydrogen-bond acceptors (Lipinski definition) is 4. The van der Waals surface area contributed by atoms with E-state index in [9.17, 15) is 0 Å². The predicted octanol–water partition coefficient (Wildman–Crippen LogP) is 3.28. The Balaban J connectivity index is 2.24. The lowest BCUT2D eigenvalue weighted by Crippen LogP contribution is -1.94. The van der Waals surface area contributed by atoms with Gasteiger partial charge in [-0.3, -0.25) is 0 Å². The molecule has 0 aliphatic heterocycles. The first kappa shape index (κ1) is 10.8. The Morgan fingerprint density at radius 3 is 2.69 bits per heavy atom. The second kappa shape index (κ2) is 4.90. The van der Waals surface area contributed by atoms with Crippen molar-refractivity contribution < 1.29 is 0 Å². The van der Waals surface area contributed by atoms with Crippen molar-refractivity contribution >= 4 is 22.5 Å². The minimum atomic E-state index is 0.865. The summed E-state index contributed by atoms with van der Waals surface area (Å²) >= 11 is 1.56. The van der Waals surface area contributed by atoms with Crippen LogP contribution in [-0.4, -0.2) is 16.7 Å². The molecule has 1 N–H and O–H groups in total. The SMILES string of the molecule is C=Cc1ccc(-c2nnc(NCC)s2)cc1. The molecule has 2 rings (SSSR count). The van der Waals surface area contributed by atoms with E-state index < -0.39 is 0 Å². The van der Waals surface area contributed by atoms with E-state index in [0.717, 1.165) is 27.8 Å². The first-order valence-corrected chi connectivity index (χ1v) is 5.95. The number of nitrogens with one attached hydrogen (secondary N) is 1. The molecule has 82 valence electrons. The molecule has 16 heavy (non-hydrogen) atoms. The van der Waals surface area contributed by atoms with Crippen LogP contribution in [0, 0.1) is 0 Å². The minimum Gasteiger partial charge on any atom is -0.360 e. The van der Waals surface area contributed by atoms with Crippen LogP contribution < -0.4 is 5.32 Å². The zero-order valence-corrected chi connectivity index (χ0v) is 9.92. The van der Waals surface area contributed by atoms with Gasteiger partial charge in [0.25, 0.3) is 0 Å². The Bertz CT molecular complexity index is 473. The smallest absolute Gasteiger partial charge is 0.205 e. The quantitative estimate of drug-likeness (QED) is 0.877. The molecule has 1 aromatic carbocycles. The maximum absolute atomic E-state index is 4.14. The van der Waals surface area contributed by atoms with Crippen molar-refractivity contribution in [1.82, 2.24) is 10.2 Å². The molecule has 0 aliphatic carbocycles. The third kappa shape index (κ3) is 2.28. The van der Waals surface area contributed by atoms with Gasteiger partial charge in [-0.15, -0.1) is 10.2 Å². The van der Waals surface area contributed by atoms with Gasteiger partial charge < -0.3 is 5.32 Å². The van der Waals surface area contributed by atoms with Crippen molar-refractivity contribution in [3.8, 4) is 10.6 Å². The van der Waals surface area contributed by atoms with Crippen molar-refractivity contribution in [3.05, 3.63) is 36.4 Å². The molecule has 4 heteroatoms. The lowest BCUT2D eigenvalue weighted by atomic mass is 10.1. The zero-order valence-electron chi connectivity index (χ0n) is 9.10. The number of aromatic nitrogens is 2. The van der Waals surface area contributed by atoms with Crippen molar-refractivity contribution in [3.63, 3.8) is 0 Å². The van der Waals surface area contributed by atoms with E-state index in [1.165, 1.54) is 0 Å². The summed E-state index contributed by atoms with van der Waals surface area (Å²) in [6.45, 7) is 6.63. The highest BCUT2D eigenvalue weighted by Crippen LogP contribution is 2.26. The van der Waals surface area contributed by atoms with Crippen molar-refractivity contribution in [1.29, 1.82) is 0 Å². The van der Waals surface area contributed by atoms with Crippen LogP contribution in [0.4, 0.5) is 5.13 Å². The largest absolute Gasteiger partial charge is 0.360 e. The first-order valence-electron chi connectivity index (χ1n) is 5.13. The van der Waals surface area contributed by atoms with Gasteiger partial charge in [0.2, 0.25) is 5.13 Å². The van der Waals surface area contributed by atoms with Crippen LogP contribution in [0.1, 0.15) is 12.5 Å². The summed E-state index contributed by atoms with van der Waals surface area (Å²) in [5.41, 5.74) is 2.20. The molecule has 1 heterocycles. The summed E-state index contributed by atoms with van der Waals surface area (Å²) in [5.74, 6) is 0. The van der Waals surface area contributed by atoms with E-state index in [1.54, 1.807) is 11.3 Å². The molecule has 0 fully saturated rings. The van der Waals surface area contributed by atoms with Crippen molar-refractivity contribution in [2.45, 2.75) is 6.92 Å². The third-order valence-corrected chi connectivity index (χ3v) is 3.08. The van der Waals surface area contributed by atoms with E-state index >= 15 is 0 Å². The number of rotatable bonds is 4. The average Bonchev–Trinajstić information content (AvgIpc) is 2.78. The summed E-state index contributed by atoms with van der Waals surface area (Å²) in [6.07, 6.45) is 1.83. The Morgan fingerprint density at radius 1 is 1.31 bits per heavy atom. The number of benzene rings is 1. The van der Waals surface area contributed by atoms with E-state index in [2.05, 4.69) is 22.1 Å². The van der Waals surface area contributed by atoms with E-state index in [4.69, 9.17) is 0 Å². The fourth-order valence-electron chi connectivity index (χ4n) is 1.32. The molecular formula is C12H13N3S. The first-order chi connectivity index (χ1) is 7.83. The van der Waals surface area contributed by atoms with Crippen LogP contribution in [0.5, 0.6) is 0 Å². The Kier molecular flexibility index (Phi) is 3.31. The highest BCUT2D eigenvalue weighted by molar-refractivity contribution is 7.18. The summed E-state index contributed by atoms with van der Waals surface area (Å²) in [4.78, 5) is 0. The summed E-state index contributed by atoms with van der Waals surface area (Å²) in [5, 5.41) is 13.2. The molecule has 0 aliphatic rings. The van der Waals surface area contributed by atoms with Gasteiger partial charge in [-0.2, -0.15) is 0 Å². The zero-order chi connectivity index (χ0) is 11.4. The number of anilines is 1. The molecular weight excluding hydrogens is 218 g/mol. The van der Waals surface area contributed by atoms with Gasteiger partial charge in [0.15, 0.2) is 0 Å². The van der Waals surface area contributed by atoms with Crippen LogP contribution in [0.3, 0.4) is 0 Å². The molecule has 0 bridgehead atoms. The fourth-order valence-corrected chi connectivity index (χ4v) is 2.14. The summed E-state index contributed by atoms with van der Waals surface area (Å²) < 4.78 is 0. The maximum Gasteiger partial charge on any atom is 0.205 e. The van der Waals surface area contributed by atoms with Gasteiger partial charge in [0, 0.05) is 12.1 Å². The molecule has 0 saturated heterocycles. The van der Waals surface area contributed by atoms with Gasteiger partial charge in [0.05, 0.1) is 0 Å². The van der Waals surface area contributed by atoms with E-state index in [0.29, 0.717) is 0 Å². The second-order valence-corrected chi connectivity index (χ2v) is 4.25. The molecule has 0 amide bonds. The second-order valence-electron chi connectivity index (χ2n) is 3.27.